The van der Waals surface area contributed by atoms with E-state index in [0.29, 0.717) is 23.5 Å². The third kappa shape index (κ3) is 10.6. The third-order valence-electron chi connectivity index (χ3n) is 7.27. The lowest BCUT2D eigenvalue weighted by atomic mass is 9.92. The maximum atomic E-state index is 12.3. The maximum absolute atomic E-state index is 12.3. The zero-order chi connectivity index (χ0) is 35.9. The van der Waals surface area contributed by atoms with Crippen LogP contribution in [0.1, 0.15) is 26.7 Å². The van der Waals surface area contributed by atoms with E-state index in [1.807, 2.05) is 72.8 Å². The Morgan fingerprint density at radius 1 is 0.580 bits per heavy atom. The minimum Gasteiger partial charge on any atom is -0.489 e. The summed E-state index contributed by atoms with van der Waals surface area (Å²) in [5.41, 5.74) is 2.16. The highest BCUT2D eigenvalue weighted by atomic mass is 16.6. The number of ether oxygens (including phenoxy) is 6. The first-order chi connectivity index (χ1) is 24.2. The van der Waals surface area contributed by atoms with Crippen molar-refractivity contribution in [2.75, 3.05) is 46.2 Å². The number of hydrogen-bond acceptors (Lipinski definition) is 10. The van der Waals surface area contributed by atoms with Crippen molar-refractivity contribution in [1.82, 2.24) is 5.32 Å². The number of carbonyl (C=O) groups excluding carboxylic acids is 4. The fourth-order valence-corrected chi connectivity index (χ4v) is 4.90. The van der Waals surface area contributed by atoms with E-state index in [4.69, 9.17) is 28.4 Å². The first-order valence-corrected chi connectivity index (χ1v) is 16.2. The van der Waals surface area contributed by atoms with Gasteiger partial charge in [-0.2, -0.15) is 0 Å². The number of fused-ring (bicyclic) bond motifs is 2. The van der Waals surface area contributed by atoms with Gasteiger partial charge in [0.2, 0.25) is 0 Å². The summed E-state index contributed by atoms with van der Waals surface area (Å²) < 4.78 is 33.1. The molecule has 0 atom stereocenters. The standard InChI is InChI=1S/C39H41NO10/c1-26(2)37(42)48-20-9-14-34(41)47-24-22-45-32-17-15-28-10-5-7-12-30(28)35(32)36-31-13-8-6-11-29(31)16-18-33(36)46-23-25-50-39(44)40-19-21-49-38(43)27(3)4/h5-8,10-13,15-18H,1,3,9,14,19-25H2,2,4H3,(H,40,44). The van der Waals surface area contributed by atoms with Gasteiger partial charge in [-0.05, 0) is 53.9 Å². The van der Waals surface area contributed by atoms with Crippen molar-refractivity contribution in [3.05, 3.63) is 97.1 Å². The van der Waals surface area contributed by atoms with Crippen LogP contribution in [0, 0.1) is 0 Å². The van der Waals surface area contributed by atoms with Crippen LogP contribution in [-0.2, 0) is 33.3 Å². The second-order valence-electron chi connectivity index (χ2n) is 11.2. The number of esters is 3. The van der Waals surface area contributed by atoms with Crippen molar-refractivity contribution in [2.24, 2.45) is 0 Å². The van der Waals surface area contributed by atoms with Crippen molar-refractivity contribution in [1.29, 1.82) is 0 Å². The van der Waals surface area contributed by atoms with E-state index in [2.05, 4.69) is 18.5 Å². The SMILES string of the molecule is C=C(C)C(=O)OCCCC(=O)OCCOc1ccc2ccccc2c1-c1c(OCCOC(=O)NCCOC(=O)C(=C)C)ccc2ccccc12. The zero-order valence-electron chi connectivity index (χ0n) is 28.3. The molecule has 0 spiro atoms. The molecule has 0 radical (unpaired) electrons. The van der Waals surface area contributed by atoms with Crippen LogP contribution >= 0.6 is 0 Å². The molecular weight excluding hydrogens is 642 g/mol. The molecule has 4 rings (SSSR count). The molecule has 50 heavy (non-hydrogen) atoms. The second kappa shape index (κ2) is 18.6. The fraction of sp³-hybridized carbons (Fsp3) is 0.282. The fourth-order valence-electron chi connectivity index (χ4n) is 4.90. The highest BCUT2D eigenvalue weighted by molar-refractivity contribution is 6.09. The van der Waals surface area contributed by atoms with E-state index in [9.17, 15) is 19.2 Å². The average molecular weight is 684 g/mol. The lowest BCUT2D eigenvalue weighted by Gasteiger charge is -2.20. The van der Waals surface area contributed by atoms with E-state index < -0.39 is 24.0 Å². The highest BCUT2D eigenvalue weighted by Crippen LogP contribution is 2.45. The highest BCUT2D eigenvalue weighted by Gasteiger charge is 2.19. The van der Waals surface area contributed by atoms with Crippen LogP contribution in [-0.4, -0.2) is 70.2 Å². The van der Waals surface area contributed by atoms with Crippen LogP contribution in [0.15, 0.2) is 97.1 Å². The van der Waals surface area contributed by atoms with Crippen LogP contribution in [0.2, 0.25) is 0 Å². The summed E-state index contributed by atoms with van der Waals surface area (Å²) in [5.74, 6) is -0.332. The minimum absolute atomic E-state index is 0.00953. The van der Waals surface area contributed by atoms with Gasteiger partial charge in [0.15, 0.2) is 0 Å². The predicted octanol–water partition coefficient (Wildman–Crippen LogP) is 6.71. The average Bonchev–Trinajstić information content (AvgIpc) is 3.11. The normalized spacial score (nSPS) is 10.6. The van der Waals surface area contributed by atoms with Gasteiger partial charge >= 0.3 is 24.0 Å². The molecule has 0 aromatic heterocycles. The minimum atomic E-state index is -0.671. The van der Waals surface area contributed by atoms with Gasteiger partial charge in [-0.3, -0.25) is 4.79 Å². The molecule has 262 valence electrons. The molecule has 0 saturated heterocycles. The number of alkyl carbamates (subject to hydrolysis) is 1. The molecule has 0 heterocycles. The van der Waals surface area contributed by atoms with Crippen molar-refractivity contribution in [3.63, 3.8) is 0 Å². The predicted molar refractivity (Wildman–Crippen MR) is 189 cm³/mol. The van der Waals surface area contributed by atoms with Gasteiger partial charge < -0.3 is 33.7 Å². The van der Waals surface area contributed by atoms with Gasteiger partial charge in [0, 0.05) is 28.7 Å². The van der Waals surface area contributed by atoms with Gasteiger partial charge in [0.25, 0.3) is 0 Å². The Morgan fingerprint density at radius 2 is 1.08 bits per heavy atom. The molecule has 0 aliphatic carbocycles. The summed E-state index contributed by atoms with van der Waals surface area (Å²) in [7, 11) is 0. The Balaban J connectivity index is 1.45. The summed E-state index contributed by atoms with van der Waals surface area (Å²) >= 11 is 0. The summed E-state index contributed by atoms with van der Waals surface area (Å²) in [6, 6.07) is 23.5. The van der Waals surface area contributed by atoms with Crippen LogP contribution in [0.5, 0.6) is 11.5 Å². The molecule has 0 bridgehead atoms. The Kier molecular flexibility index (Phi) is 13.8. The molecule has 0 aliphatic rings. The molecule has 4 aromatic carbocycles. The number of nitrogens with one attached hydrogen (secondary N) is 1. The van der Waals surface area contributed by atoms with E-state index in [1.165, 1.54) is 6.92 Å². The molecule has 0 unspecified atom stereocenters. The van der Waals surface area contributed by atoms with Crippen molar-refractivity contribution >= 4 is 45.5 Å². The topological polar surface area (TPSA) is 136 Å². The number of amides is 1. The molecule has 11 heteroatoms. The number of rotatable bonds is 18. The third-order valence-corrected chi connectivity index (χ3v) is 7.27. The second-order valence-corrected chi connectivity index (χ2v) is 11.2. The number of benzene rings is 4. The van der Waals surface area contributed by atoms with Gasteiger partial charge in [0.1, 0.15) is 44.5 Å². The number of carbonyl (C=O) groups is 4. The van der Waals surface area contributed by atoms with Crippen molar-refractivity contribution in [2.45, 2.75) is 26.7 Å². The van der Waals surface area contributed by atoms with Crippen LogP contribution < -0.4 is 14.8 Å². The van der Waals surface area contributed by atoms with E-state index >= 15 is 0 Å². The van der Waals surface area contributed by atoms with E-state index in [0.717, 1.165) is 32.7 Å². The molecule has 4 aromatic rings. The van der Waals surface area contributed by atoms with Crippen LogP contribution in [0.3, 0.4) is 0 Å². The lowest BCUT2D eigenvalue weighted by molar-refractivity contribution is -0.146. The van der Waals surface area contributed by atoms with Crippen LogP contribution in [0.25, 0.3) is 32.7 Å². The van der Waals surface area contributed by atoms with Crippen molar-refractivity contribution in [3.8, 4) is 22.6 Å². The summed E-state index contributed by atoms with van der Waals surface area (Å²) in [6.07, 6.45) is -0.243. The summed E-state index contributed by atoms with van der Waals surface area (Å²) in [4.78, 5) is 47.4. The zero-order valence-corrected chi connectivity index (χ0v) is 28.3. The monoisotopic (exact) mass is 683 g/mol. The Morgan fingerprint density at radius 3 is 1.62 bits per heavy atom. The van der Waals surface area contributed by atoms with Gasteiger partial charge in [-0.1, -0.05) is 73.8 Å². The summed E-state index contributed by atoms with van der Waals surface area (Å²) in [6.45, 7) is 10.5. The first kappa shape index (κ1) is 37.0. The van der Waals surface area contributed by atoms with Gasteiger partial charge in [0.05, 0.1) is 13.2 Å². The molecule has 0 fully saturated rings. The molecular formula is C39H41NO10. The Bertz CT molecular complexity index is 1730. The van der Waals surface area contributed by atoms with Gasteiger partial charge in [-0.15, -0.1) is 0 Å². The molecule has 11 nitrogen and oxygen atoms in total. The van der Waals surface area contributed by atoms with Gasteiger partial charge in [-0.25, -0.2) is 14.4 Å². The molecule has 0 saturated carbocycles. The first-order valence-electron chi connectivity index (χ1n) is 16.2. The Hall–Kier alpha value is -5.84. The molecule has 1 N–H and O–H groups in total. The van der Waals surface area contributed by atoms with Crippen molar-refractivity contribution < 1.29 is 47.6 Å². The summed E-state index contributed by atoms with van der Waals surface area (Å²) in [5, 5.41) is 6.35. The molecule has 1 amide bonds. The lowest BCUT2D eigenvalue weighted by Crippen LogP contribution is -2.29. The Labute approximate surface area is 290 Å². The smallest absolute Gasteiger partial charge is 0.407 e. The number of hydrogen-bond donors (Lipinski definition) is 1. The van der Waals surface area contributed by atoms with E-state index in [1.54, 1.807) is 6.92 Å². The maximum Gasteiger partial charge on any atom is 0.407 e. The molecule has 0 aliphatic heterocycles. The quantitative estimate of drug-likeness (QED) is 0.0522. The van der Waals surface area contributed by atoms with E-state index in [-0.39, 0.29) is 58.2 Å². The largest absolute Gasteiger partial charge is 0.489 e. The van der Waals surface area contributed by atoms with Crippen LogP contribution in [0.4, 0.5) is 4.79 Å².